The lowest BCUT2D eigenvalue weighted by molar-refractivity contribution is -0.383. The van der Waals surface area contributed by atoms with Gasteiger partial charge in [0.15, 0.2) is 5.52 Å². The molecule has 2 rings (SSSR count). The molecule has 124 valence electrons. The maximum atomic E-state index is 13.2. The molecule has 0 atom stereocenters. The molecule has 0 aliphatic heterocycles. The maximum absolute atomic E-state index is 13.2. The third-order valence-electron chi connectivity index (χ3n) is 2.71. The molecule has 1 N–H and O–H groups in total. The molecule has 1 heterocycles. The van der Waals surface area contributed by atoms with E-state index in [1.807, 2.05) is 0 Å². The van der Waals surface area contributed by atoms with Crippen LogP contribution in [0.5, 0.6) is 0 Å². The number of nitrogens with zero attached hydrogens (tertiary/aromatic N) is 3. The third kappa shape index (κ3) is 2.88. The number of benzene rings is 1. The molecule has 0 aliphatic rings. The van der Waals surface area contributed by atoms with E-state index < -0.39 is 50.7 Å². The first-order valence-corrected chi connectivity index (χ1v) is 5.80. The molecule has 0 spiro atoms. The van der Waals surface area contributed by atoms with Crippen LogP contribution in [0.1, 0.15) is 11.4 Å². The molecule has 23 heavy (non-hydrogen) atoms. The average molecular weight is 360 g/mol. The van der Waals surface area contributed by atoms with Crippen molar-refractivity contribution in [2.75, 3.05) is 0 Å². The van der Waals surface area contributed by atoms with Gasteiger partial charge in [0.1, 0.15) is 0 Å². The van der Waals surface area contributed by atoms with Gasteiger partial charge in [0.25, 0.3) is 5.69 Å². The fourth-order valence-electron chi connectivity index (χ4n) is 1.85. The third-order valence-corrected chi connectivity index (χ3v) is 2.88. The monoisotopic (exact) mass is 359 g/mol. The van der Waals surface area contributed by atoms with Crippen LogP contribution in [0.3, 0.4) is 0 Å². The van der Waals surface area contributed by atoms with Gasteiger partial charge in [0, 0.05) is 6.07 Å². The molecule has 0 amide bonds. The molecule has 0 aliphatic carbocycles. The average Bonchev–Trinajstić information content (AvgIpc) is 2.75. The van der Waals surface area contributed by atoms with Crippen LogP contribution >= 0.6 is 11.6 Å². The Morgan fingerprint density at radius 1 is 1.30 bits per heavy atom. The number of nitro groups is 1. The minimum absolute atomic E-state index is 0.0671. The second-order valence-corrected chi connectivity index (χ2v) is 4.64. The number of carbonyl (C=O) groups is 1. The van der Waals surface area contributed by atoms with Gasteiger partial charge in [-0.15, -0.1) is 0 Å². The van der Waals surface area contributed by atoms with Gasteiger partial charge in [-0.3, -0.25) is 10.1 Å². The molecular formula is C10H3ClF5N3O4. The van der Waals surface area contributed by atoms with E-state index in [0.717, 1.165) is 0 Å². The smallest absolute Gasteiger partial charge is 0.417 e. The molecule has 1 aromatic carbocycles. The Morgan fingerprint density at radius 2 is 1.87 bits per heavy atom. The van der Waals surface area contributed by atoms with E-state index in [1.54, 1.807) is 0 Å². The van der Waals surface area contributed by atoms with Crippen LogP contribution in [-0.2, 0) is 11.6 Å². The Morgan fingerprint density at radius 3 is 2.26 bits per heavy atom. The second kappa shape index (κ2) is 5.01. The predicted octanol–water partition coefficient (Wildman–Crippen LogP) is 3.78. The second-order valence-electron chi connectivity index (χ2n) is 4.17. The molecule has 0 radical (unpaired) electrons. The van der Waals surface area contributed by atoms with E-state index in [2.05, 4.69) is 16.6 Å². The lowest BCUT2D eigenvalue weighted by Gasteiger charge is -2.09. The summed E-state index contributed by atoms with van der Waals surface area (Å²) in [5, 5.41) is 15.4. The minimum Gasteiger partial charge on any atom is -0.464 e. The Balaban J connectivity index is 3.02. The molecule has 0 fully saturated rings. The summed E-state index contributed by atoms with van der Waals surface area (Å²) in [7, 11) is 0. The topological polar surface area (TPSA) is 98.3 Å². The van der Waals surface area contributed by atoms with Crippen molar-refractivity contribution in [1.29, 1.82) is 0 Å². The number of nitro benzene ring substituents is 1. The van der Waals surface area contributed by atoms with Gasteiger partial charge in [-0.1, -0.05) is 0 Å². The van der Waals surface area contributed by atoms with E-state index in [0.29, 0.717) is 0 Å². The van der Waals surface area contributed by atoms with E-state index in [-0.39, 0.29) is 16.7 Å². The SMILES string of the molecule is O=C(O)n1c(C(F)(F)Cl)nc2c([N+](=O)[O-])cc(C(F)(F)F)cc21. The minimum atomic E-state index is -5.07. The van der Waals surface area contributed by atoms with Crippen molar-refractivity contribution in [2.24, 2.45) is 0 Å². The number of alkyl halides is 6. The van der Waals surface area contributed by atoms with Crippen molar-refractivity contribution >= 4 is 34.4 Å². The maximum Gasteiger partial charge on any atom is 0.417 e. The van der Waals surface area contributed by atoms with Gasteiger partial charge in [0.05, 0.1) is 16.0 Å². The highest BCUT2D eigenvalue weighted by Crippen LogP contribution is 2.39. The summed E-state index contributed by atoms with van der Waals surface area (Å²) in [5.41, 5.74) is -4.87. The molecule has 1 aromatic heterocycles. The molecular weight excluding hydrogens is 357 g/mol. The number of aromatic nitrogens is 2. The van der Waals surface area contributed by atoms with Crippen molar-refractivity contribution in [3.8, 4) is 0 Å². The van der Waals surface area contributed by atoms with Crippen LogP contribution in [0.2, 0.25) is 0 Å². The Hall–Kier alpha value is -2.50. The first kappa shape index (κ1) is 16.9. The number of carboxylic acid groups (broad SMARTS) is 1. The summed E-state index contributed by atoms with van der Waals surface area (Å²) in [5.74, 6) is -1.65. The van der Waals surface area contributed by atoms with Gasteiger partial charge in [-0.2, -0.15) is 22.0 Å². The fraction of sp³-hybridized carbons (Fsp3) is 0.200. The van der Waals surface area contributed by atoms with Crippen LogP contribution in [0, 0.1) is 10.1 Å². The van der Waals surface area contributed by atoms with Gasteiger partial charge >= 0.3 is 17.7 Å². The Labute approximate surface area is 127 Å². The first-order valence-electron chi connectivity index (χ1n) is 5.42. The quantitative estimate of drug-likeness (QED) is 0.381. The van der Waals surface area contributed by atoms with Gasteiger partial charge in [0.2, 0.25) is 5.82 Å². The van der Waals surface area contributed by atoms with Gasteiger partial charge < -0.3 is 5.11 Å². The lowest BCUT2D eigenvalue weighted by Crippen LogP contribution is -2.19. The summed E-state index contributed by atoms with van der Waals surface area (Å²) in [4.78, 5) is 23.7. The van der Waals surface area contributed by atoms with Crippen molar-refractivity contribution in [3.63, 3.8) is 0 Å². The predicted molar refractivity (Wildman–Crippen MR) is 64.6 cm³/mol. The van der Waals surface area contributed by atoms with Crippen molar-refractivity contribution in [2.45, 2.75) is 11.6 Å². The highest BCUT2D eigenvalue weighted by atomic mass is 35.5. The molecule has 7 nitrogen and oxygen atoms in total. The van der Waals surface area contributed by atoms with Crippen LogP contribution in [0.4, 0.5) is 32.4 Å². The van der Waals surface area contributed by atoms with Gasteiger partial charge in [-0.05, 0) is 17.7 Å². The number of non-ortho nitro benzene ring substituents is 1. The van der Waals surface area contributed by atoms with E-state index >= 15 is 0 Å². The molecule has 0 saturated carbocycles. The molecule has 13 heteroatoms. The Bertz CT molecular complexity index is 826. The number of imidazole rings is 1. The van der Waals surface area contributed by atoms with E-state index in [1.165, 1.54) is 0 Å². The summed E-state index contributed by atoms with van der Waals surface area (Å²) in [6.45, 7) is 0. The van der Waals surface area contributed by atoms with Crippen molar-refractivity contribution in [3.05, 3.63) is 33.6 Å². The molecule has 0 saturated heterocycles. The number of rotatable bonds is 2. The molecule has 0 unspecified atom stereocenters. The number of hydrogen-bond acceptors (Lipinski definition) is 4. The summed E-state index contributed by atoms with van der Waals surface area (Å²) in [6.07, 6.45) is -7.20. The van der Waals surface area contributed by atoms with Crippen molar-refractivity contribution in [1.82, 2.24) is 9.55 Å². The zero-order valence-electron chi connectivity index (χ0n) is 10.4. The highest BCUT2D eigenvalue weighted by Gasteiger charge is 2.40. The van der Waals surface area contributed by atoms with Crippen LogP contribution in [0.25, 0.3) is 11.0 Å². The van der Waals surface area contributed by atoms with E-state index in [4.69, 9.17) is 5.11 Å². The van der Waals surface area contributed by atoms with Gasteiger partial charge in [-0.25, -0.2) is 14.3 Å². The number of hydrogen-bond donors (Lipinski definition) is 1. The van der Waals surface area contributed by atoms with Crippen LogP contribution in [-0.4, -0.2) is 25.7 Å². The highest BCUT2D eigenvalue weighted by molar-refractivity contribution is 6.21. The van der Waals surface area contributed by atoms with E-state index in [9.17, 15) is 36.9 Å². The van der Waals surface area contributed by atoms with Crippen molar-refractivity contribution < 1.29 is 36.8 Å². The fourth-order valence-corrected chi connectivity index (χ4v) is 1.97. The standard InChI is InChI=1S/C10H3ClF5N3O4/c11-9(12,13)7-17-6-4(18(7)8(20)21)1-3(10(14,15)16)2-5(6)19(22)23/h1-2H,(H,20,21). The van der Waals surface area contributed by atoms with Crippen LogP contribution < -0.4 is 0 Å². The number of halogens is 6. The molecule has 0 bridgehead atoms. The summed E-state index contributed by atoms with van der Waals surface area (Å²) >= 11 is 4.67. The summed E-state index contributed by atoms with van der Waals surface area (Å²) < 4.78 is 64.4. The normalized spacial score (nSPS) is 12.6. The zero-order valence-corrected chi connectivity index (χ0v) is 11.2. The van der Waals surface area contributed by atoms with Crippen LogP contribution in [0.15, 0.2) is 12.1 Å². The first-order chi connectivity index (χ1) is 10.3. The zero-order chi connectivity index (χ0) is 17.7. The largest absolute Gasteiger partial charge is 0.464 e. The number of fused-ring (bicyclic) bond motifs is 1. The lowest BCUT2D eigenvalue weighted by atomic mass is 10.1. The summed E-state index contributed by atoms with van der Waals surface area (Å²) in [6, 6.07) is 0.229. The molecule has 2 aromatic rings. The Kier molecular flexibility index (Phi) is 3.67.